The lowest BCUT2D eigenvalue weighted by atomic mass is 9.96. The molecule has 0 aliphatic carbocycles. The Morgan fingerprint density at radius 3 is 2.69 bits per heavy atom. The summed E-state index contributed by atoms with van der Waals surface area (Å²) >= 11 is 12.1. The Labute approximate surface area is 222 Å². The maximum Gasteiger partial charge on any atom is 0.161 e. The van der Waals surface area contributed by atoms with Crippen molar-refractivity contribution in [2.45, 2.75) is 44.4 Å². The molecule has 0 bridgehead atoms. The molecule has 1 saturated heterocycles. The van der Waals surface area contributed by atoms with Crippen molar-refractivity contribution in [3.05, 3.63) is 70.7 Å². The van der Waals surface area contributed by atoms with Crippen LogP contribution in [0.25, 0.3) is 0 Å². The molecule has 3 aromatic rings. The predicted octanol–water partition coefficient (Wildman–Crippen LogP) is 5.46. The lowest BCUT2D eigenvalue weighted by molar-refractivity contribution is -0.0168. The SMILES string of the molecule is COc1ccc(CN2CCCC(O)(COc3ccc(Cl)c(Cl)c3)CC2)cc1OCCCn1ccnc1. The molecule has 0 amide bonds. The number of aryl methyl sites for hydroxylation is 1. The summed E-state index contributed by atoms with van der Waals surface area (Å²) in [5, 5.41) is 12.1. The van der Waals surface area contributed by atoms with Gasteiger partial charge in [0.15, 0.2) is 11.5 Å². The molecule has 1 unspecified atom stereocenters. The molecule has 0 spiro atoms. The van der Waals surface area contributed by atoms with E-state index >= 15 is 0 Å². The standard InChI is InChI=1S/C27H33Cl2N3O4/c1-34-25-7-4-21(16-26(25)35-15-3-12-32-14-10-30-20-32)18-31-11-2-8-27(33,9-13-31)19-36-22-5-6-23(28)24(29)17-22/h4-7,10,14,16-17,20,33H,2-3,8-9,11-13,15,18-19H2,1H3. The van der Waals surface area contributed by atoms with Gasteiger partial charge in [0.1, 0.15) is 12.4 Å². The van der Waals surface area contributed by atoms with Crippen LogP contribution in [-0.2, 0) is 13.1 Å². The van der Waals surface area contributed by atoms with E-state index in [1.807, 2.05) is 23.2 Å². The van der Waals surface area contributed by atoms with E-state index in [2.05, 4.69) is 22.0 Å². The van der Waals surface area contributed by atoms with Gasteiger partial charge in [0.05, 0.1) is 35.7 Å². The molecule has 1 N–H and O–H groups in total. The van der Waals surface area contributed by atoms with E-state index < -0.39 is 5.60 Å². The largest absolute Gasteiger partial charge is 0.493 e. The molecule has 2 heterocycles. The van der Waals surface area contributed by atoms with Crippen LogP contribution in [0.2, 0.25) is 10.0 Å². The van der Waals surface area contributed by atoms with Crippen molar-refractivity contribution in [2.24, 2.45) is 0 Å². The van der Waals surface area contributed by atoms with E-state index in [4.69, 9.17) is 37.4 Å². The third kappa shape index (κ3) is 7.53. The number of methoxy groups -OCH3 is 1. The Hall–Kier alpha value is -2.45. The number of rotatable bonds is 11. The van der Waals surface area contributed by atoms with Gasteiger partial charge in [-0.15, -0.1) is 0 Å². The minimum Gasteiger partial charge on any atom is -0.493 e. The molecule has 0 radical (unpaired) electrons. The van der Waals surface area contributed by atoms with Crippen LogP contribution in [-0.4, -0.2) is 58.6 Å². The molecular formula is C27H33Cl2N3O4. The van der Waals surface area contributed by atoms with Crippen molar-refractivity contribution in [1.82, 2.24) is 14.5 Å². The number of likely N-dealkylation sites (tertiary alicyclic amines) is 1. The van der Waals surface area contributed by atoms with E-state index in [1.54, 1.807) is 31.5 Å². The van der Waals surface area contributed by atoms with E-state index in [1.165, 1.54) is 0 Å². The molecule has 1 aromatic heterocycles. The highest BCUT2D eigenvalue weighted by molar-refractivity contribution is 6.42. The van der Waals surface area contributed by atoms with Gasteiger partial charge in [-0.2, -0.15) is 0 Å². The van der Waals surface area contributed by atoms with Crippen LogP contribution < -0.4 is 14.2 Å². The third-order valence-corrected chi connectivity index (χ3v) is 7.16. The van der Waals surface area contributed by atoms with E-state index in [0.29, 0.717) is 35.2 Å². The number of aromatic nitrogens is 2. The number of hydrogen-bond donors (Lipinski definition) is 1. The minimum atomic E-state index is -0.885. The maximum atomic E-state index is 11.2. The fraction of sp³-hybridized carbons (Fsp3) is 0.444. The summed E-state index contributed by atoms with van der Waals surface area (Å²) in [5.74, 6) is 2.09. The highest BCUT2D eigenvalue weighted by Gasteiger charge is 2.31. The lowest BCUT2D eigenvalue weighted by Gasteiger charge is -2.27. The molecular weight excluding hydrogens is 501 g/mol. The second kappa shape index (κ2) is 12.7. The van der Waals surface area contributed by atoms with E-state index in [0.717, 1.165) is 56.1 Å². The highest BCUT2D eigenvalue weighted by atomic mass is 35.5. The molecule has 1 aliphatic rings. The highest BCUT2D eigenvalue weighted by Crippen LogP contribution is 2.31. The van der Waals surface area contributed by atoms with Crippen LogP contribution in [0.15, 0.2) is 55.1 Å². The number of ether oxygens (including phenoxy) is 3. The zero-order chi connectivity index (χ0) is 25.4. The second-order valence-corrected chi connectivity index (χ2v) is 10.0. The average molecular weight is 534 g/mol. The van der Waals surface area contributed by atoms with Gasteiger partial charge in [-0.1, -0.05) is 29.3 Å². The zero-order valence-electron chi connectivity index (χ0n) is 20.5. The first kappa shape index (κ1) is 26.6. The van der Waals surface area contributed by atoms with Gasteiger partial charge in [-0.25, -0.2) is 4.98 Å². The number of halogens is 2. The quantitative estimate of drug-likeness (QED) is 0.330. The van der Waals surface area contributed by atoms with Gasteiger partial charge >= 0.3 is 0 Å². The predicted molar refractivity (Wildman–Crippen MR) is 141 cm³/mol. The Morgan fingerprint density at radius 2 is 1.92 bits per heavy atom. The molecule has 4 rings (SSSR count). The van der Waals surface area contributed by atoms with Crippen molar-refractivity contribution in [2.75, 3.05) is 33.4 Å². The normalized spacial score (nSPS) is 18.6. The monoisotopic (exact) mass is 533 g/mol. The molecule has 1 fully saturated rings. The Kier molecular flexibility index (Phi) is 9.37. The maximum absolute atomic E-state index is 11.2. The first-order chi connectivity index (χ1) is 17.4. The van der Waals surface area contributed by atoms with Gasteiger partial charge in [0.2, 0.25) is 0 Å². The van der Waals surface area contributed by atoms with Crippen molar-refractivity contribution >= 4 is 23.2 Å². The van der Waals surface area contributed by atoms with Gasteiger partial charge in [0, 0.05) is 38.1 Å². The second-order valence-electron chi connectivity index (χ2n) is 9.21. The van der Waals surface area contributed by atoms with Crippen LogP contribution in [0.4, 0.5) is 0 Å². The van der Waals surface area contributed by atoms with E-state index in [-0.39, 0.29) is 6.61 Å². The Balaban J connectivity index is 1.29. The zero-order valence-corrected chi connectivity index (χ0v) is 22.0. The molecule has 7 nitrogen and oxygen atoms in total. The Bertz CT molecular complexity index is 1110. The number of imidazole rings is 1. The van der Waals surface area contributed by atoms with Crippen molar-refractivity contribution in [1.29, 1.82) is 0 Å². The summed E-state index contributed by atoms with van der Waals surface area (Å²) in [7, 11) is 1.66. The van der Waals surface area contributed by atoms with Gasteiger partial charge in [-0.05, 0) is 62.1 Å². The summed E-state index contributed by atoms with van der Waals surface area (Å²) in [6, 6.07) is 11.2. The molecule has 9 heteroatoms. The molecule has 1 atom stereocenters. The summed E-state index contributed by atoms with van der Waals surface area (Å²) in [5.41, 5.74) is 0.266. The van der Waals surface area contributed by atoms with Crippen LogP contribution in [0.1, 0.15) is 31.2 Å². The smallest absolute Gasteiger partial charge is 0.161 e. The van der Waals surface area contributed by atoms with Crippen molar-refractivity contribution in [3.63, 3.8) is 0 Å². The average Bonchev–Trinajstić information content (AvgIpc) is 3.33. The van der Waals surface area contributed by atoms with Crippen molar-refractivity contribution in [3.8, 4) is 17.2 Å². The first-order valence-corrected chi connectivity index (χ1v) is 13.0. The minimum absolute atomic E-state index is 0.221. The van der Waals surface area contributed by atoms with E-state index in [9.17, 15) is 5.11 Å². The molecule has 0 saturated carbocycles. The molecule has 1 aliphatic heterocycles. The van der Waals surface area contributed by atoms with Crippen LogP contribution in [0, 0.1) is 0 Å². The molecule has 36 heavy (non-hydrogen) atoms. The topological polar surface area (TPSA) is 69.0 Å². The van der Waals surface area contributed by atoms with Crippen LogP contribution in [0.5, 0.6) is 17.2 Å². The molecule has 2 aromatic carbocycles. The fourth-order valence-electron chi connectivity index (χ4n) is 4.36. The summed E-state index contributed by atoms with van der Waals surface area (Å²) in [4.78, 5) is 6.43. The Morgan fingerprint density at radius 1 is 1.03 bits per heavy atom. The van der Waals surface area contributed by atoms with Crippen LogP contribution in [0.3, 0.4) is 0 Å². The van der Waals surface area contributed by atoms with Crippen LogP contribution >= 0.6 is 23.2 Å². The number of aliphatic hydroxyl groups is 1. The summed E-state index contributed by atoms with van der Waals surface area (Å²) in [6.07, 6.45) is 8.60. The number of nitrogens with zero attached hydrogens (tertiary/aromatic N) is 3. The fourth-order valence-corrected chi connectivity index (χ4v) is 4.65. The van der Waals surface area contributed by atoms with Gasteiger partial charge in [0.25, 0.3) is 0 Å². The lowest BCUT2D eigenvalue weighted by Crippen LogP contribution is -2.37. The summed E-state index contributed by atoms with van der Waals surface area (Å²) in [6.45, 7) is 4.12. The van der Waals surface area contributed by atoms with Gasteiger partial charge < -0.3 is 23.9 Å². The van der Waals surface area contributed by atoms with Gasteiger partial charge in [-0.3, -0.25) is 4.90 Å². The van der Waals surface area contributed by atoms with Crippen molar-refractivity contribution < 1.29 is 19.3 Å². The number of hydrogen-bond acceptors (Lipinski definition) is 6. The third-order valence-electron chi connectivity index (χ3n) is 6.42. The number of benzene rings is 2. The molecule has 194 valence electrons. The first-order valence-electron chi connectivity index (χ1n) is 12.2. The summed E-state index contributed by atoms with van der Waals surface area (Å²) < 4.78 is 19.4.